The minimum Gasteiger partial charge on any atom is -0.481 e. The third-order valence-electron chi connectivity index (χ3n) is 2.97. The molecule has 1 rings (SSSR count). The second-order valence-electron chi connectivity index (χ2n) is 4.45. The summed E-state index contributed by atoms with van der Waals surface area (Å²) in [5.74, 6) is -1.19. The molecule has 0 aromatic heterocycles. The van der Waals surface area contributed by atoms with Gasteiger partial charge < -0.3 is 10.0 Å². The van der Waals surface area contributed by atoms with E-state index in [-0.39, 0.29) is 12.3 Å². The number of alkyl halides is 1. The first-order valence-corrected chi connectivity index (χ1v) is 5.01. The summed E-state index contributed by atoms with van der Waals surface area (Å²) >= 11 is 0. The molecule has 4 heteroatoms. The number of carboxylic acid groups (broad SMARTS) is 1. The molecule has 1 aliphatic heterocycles. The van der Waals surface area contributed by atoms with Crippen molar-refractivity contribution in [3.63, 3.8) is 0 Å². The SMILES string of the molecule is CN1CCCC(C(C)(F)CC(=O)O)C1. The average molecular weight is 203 g/mol. The van der Waals surface area contributed by atoms with Crippen molar-refractivity contribution in [3.8, 4) is 0 Å². The van der Waals surface area contributed by atoms with E-state index in [1.165, 1.54) is 6.92 Å². The van der Waals surface area contributed by atoms with Crippen LogP contribution in [0.25, 0.3) is 0 Å². The molecule has 0 bridgehead atoms. The standard InChI is InChI=1S/C10H18FNO2/c1-10(11,6-9(13)14)8-4-3-5-12(2)7-8/h8H,3-7H2,1-2H3,(H,13,14). The number of piperidine rings is 1. The molecule has 0 aromatic carbocycles. The Morgan fingerprint density at radius 2 is 2.36 bits per heavy atom. The lowest BCUT2D eigenvalue weighted by Gasteiger charge is -2.36. The zero-order chi connectivity index (χ0) is 10.8. The van der Waals surface area contributed by atoms with E-state index in [0.717, 1.165) is 19.4 Å². The number of hydrogen-bond donors (Lipinski definition) is 1. The van der Waals surface area contributed by atoms with E-state index in [9.17, 15) is 9.18 Å². The molecule has 3 nitrogen and oxygen atoms in total. The summed E-state index contributed by atoms with van der Waals surface area (Å²) in [6, 6.07) is 0. The molecule has 0 aliphatic carbocycles. The first-order valence-electron chi connectivity index (χ1n) is 5.01. The monoisotopic (exact) mass is 203 g/mol. The summed E-state index contributed by atoms with van der Waals surface area (Å²) in [5, 5.41) is 8.59. The lowest BCUT2D eigenvalue weighted by Crippen LogP contribution is -2.43. The van der Waals surface area contributed by atoms with Crippen LogP contribution in [0.1, 0.15) is 26.2 Å². The number of aliphatic carboxylic acids is 1. The number of halogens is 1. The van der Waals surface area contributed by atoms with Crippen molar-refractivity contribution in [1.82, 2.24) is 4.90 Å². The van der Waals surface area contributed by atoms with Gasteiger partial charge in [0, 0.05) is 12.5 Å². The highest BCUT2D eigenvalue weighted by Crippen LogP contribution is 2.32. The van der Waals surface area contributed by atoms with Gasteiger partial charge in [-0.1, -0.05) is 0 Å². The van der Waals surface area contributed by atoms with E-state index < -0.39 is 11.6 Å². The molecule has 2 atom stereocenters. The molecule has 1 fully saturated rings. The zero-order valence-corrected chi connectivity index (χ0v) is 8.79. The molecule has 1 saturated heterocycles. The Labute approximate surface area is 83.9 Å². The molecule has 1 aliphatic rings. The van der Waals surface area contributed by atoms with Crippen LogP contribution in [0, 0.1) is 5.92 Å². The molecule has 82 valence electrons. The second-order valence-corrected chi connectivity index (χ2v) is 4.45. The zero-order valence-electron chi connectivity index (χ0n) is 8.79. The smallest absolute Gasteiger partial charge is 0.306 e. The summed E-state index contributed by atoms with van der Waals surface area (Å²) in [7, 11) is 1.95. The van der Waals surface area contributed by atoms with Crippen molar-refractivity contribution in [1.29, 1.82) is 0 Å². The van der Waals surface area contributed by atoms with Crippen molar-refractivity contribution in [2.24, 2.45) is 5.92 Å². The maximum atomic E-state index is 14.0. The highest BCUT2D eigenvalue weighted by Gasteiger charge is 2.38. The molecule has 0 radical (unpaired) electrons. The Bertz CT molecular complexity index is 218. The van der Waals surface area contributed by atoms with E-state index in [1.807, 2.05) is 7.05 Å². The summed E-state index contributed by atoms with van der Waals surface area (Å²) < 4.78 is 14.0. The first kappa shape index (κ1) is 11.4. The summed E-state index contributed by atoms with van der Waals surface area (Å²) in [5.41, 5.74) is -1.57. The molecular formula is C10H18FNO2. The molecule has 0 spiro atoms. The van der Waals surface area contributed by atoms with Crippen LogP contribution in [0.15, 0.2) is 0 Å². The van der Waals surface area contributed by atoms with Gasteiger partial charge in [0.05, 0.1) is 6.42 Å². The number of rotatable bonds is 3. The molecule has 1 N–H and O–H groups in total. The Balaban J connectivity index is 2.56. The number of hydrogen-bond acceptors (Lipinski definition) is 2. The number of likely N-dealkylation sites (tertiary alicyclic amines) is 1. The van der Waals surface area contributed by atoms with Gasteiger partial charge in [0.25, 0.3) is 0 Å². The van der Waals surface area contributed by atoms with E-state index in [2.05, 4.69) is 4.90 Å². The minimum absolute atomic E-state index is 0.141. The highest BCUT2D eigenvalue weighted by atomic mass is 19.1. The van der Waals surface area contributed by atoms with Crippen LogP contribution in [-0.4, -0.2) is 41.8 Å². The normalized spacial score (nSPS) is 28.4. The average Bonchev–Trinajstić information content (AvgIpc) is 2.01. The van der Waals surface area contributed by atoms with Crippen molar-refractivity contribution < 1.29 is 14.3 Å². The third-order valence-corrected chi connectivity index (χ3v) is 2.97. The Kier molecular flexibility index (Phi) is 3.48. The minimum atomic E-state index is -1.57. The van der Waals surface area contributed by atoms with E-state index in [0.29, 0.717) is 6.54 Å². The lowest BCUT2D eigenvalue weighted by atomic mass is 9.82. The Morgan fingerprint density at radius 3 is 2.86 bits per heavy atom. The molecule has 0 saturated carbocycles. The molecule has 0 aromatic rings. The van der Waals surface area contributed by atoms with Gasteiger partial charge in [0.2, 0.25) is 0 Å². The number of nitrogens with zero attached hydrogens (tertiary/aromatic N) is 1. The van der Waals surface area contributed by atoms with Gasteiger partial charge in [-0.25, -0.2) is 4.39 Å². The Morgan fingerprint density at radius 1 is 1.71 bits per heavy atom. The van der Waals surface area contributed by atoms with Crippen LogP contribution < -0.4 is 0 Å². The van der Waals surface area contributed by atoms with Crippen LogP contribution >= 0.6 is 0 Å². The van der Waals surface area contributed by atoms with Crippen LogP contribution in [0.2, 0.25) is 0 Å². The van der Waals surface area contributed by atoms with Crippen LogP contribution in [-0.2, 0) is 4.79 Å². The summed E-state index contributed by atoms with van der Waals surface area (Å²) in [6.45, 7) is 3.06. The number of carbonyl (C=O) groups is 1. The topological polar surface area (TPSA) is 40.5 Å². The maximum Gasteiger partial charge on any atom is 0.306 e. The van der Waals surface area contributed by atoms with E-state index in [1.54, 1.807) is 0 Å². The summed E-state index contributed by atoms with van der Waals surface area (Å²) in [4.78, 5) is 12.5. The molecule has 14 heavy (non-hydrogen) atoms. The fourth-order valence-electron chi connectivity index (χ4n) is 2.10. The predicted molar refractivity (Wildman–Crippen MR) is 52.0 cm³/mol. The van der Waals surface area contributed by atoms with Gasteiger partial charge >= 0.3 is 5.97 Å². The quantitative estimate of drug-likeness (QED) is 0.756. The van der Waals surface area contributed by atoms with Gasteiger partial charge in [-0.05, 0) is 33.4 Å². The van der Waals surface area contributed by atoms with E-state index >= 15 is 0 Å². The van der Waals surface area contributed by atoms with Gasteiger partial charge in [-0.2, -0.15) is 0 Å². The maximum absolute atomic E-state index is 14.0. The molecular weight excluding hydrogens is 185 g/mol. The molecule has 0 amide bonds. The fourth-order valence-corrected chi connectivity index (χ4v) is 2.10. The third kappa shape index (κ3) is 2.94. The van der Waals surface area contributed by atoms with Crippen LogP contribution in [0.3, 0.4) is 0 Å². The molecule has 1 heterocycles. The largest absolute Gasteiger partial charge is 0.481 e. The van der Waals surface area contributed by atoms with Crippen LogP contribution in [0.4, 0.5) is 4.39 Å². The fraction of sp³-hybridized carbons (Fsp3) is 0.900. The molecule has 2 unspecified atom stereocenters. The Hall–Kier alpha value is -0.640. The van der Waals surface area contributed by atoms with Gasteiger partial charge in [0.15, 0.2) is 0 Å². The van der Waals surface area contributed by atoms with E-state index in [4.69, 9.17) is 5.11 Å². The van der Waals surface area contributed by atoms with Crippen molar-refractivity contribution in [2.45, 2.75) is 31.9 Å². The van der Waals surface area contributed by atoms with Gasteiger partial charge in [0.1, 0.15) is 5.67 Å². The summed E-state index contributed by atoms with van der Waals surface area (Å²) in [6.07, 6.45) is 1.37. The van der Waals surface area contributed by atoms with Crippen LogP contribution in [0.5, 0.6) is 0 Å². The second kappa shape index (κ2) is 4.26. The van der Waals surface area contributed by atoms with Crippen molar-refractivity contribution >= 4 is 5.97 Å². The first-order chi connectivity index (χ1) is 6.42. The van der Waals surface area contributed by atoms with Gasteiger partial charge in [-0.3, -0.25) is 4.79 Å². The van der Waals surface area contributed by atoms with Gasteiger partial charge in [-0.15, -0.1) is 0 Å². The van der Waals surface area contributed by atoms with Crippen molar-refractivity contribution in [2.75, 3.05) is 20.1 Å². The lowest BCUT2D eigenvalue weighted by molar-refractivity contribution is -0.141. The van der Waals surface area contributed by atoms with Crippen molar-refractivity contribution in [3.05, 3.63) is 0 Å². The predicted octanol–water partition coefficient (Wildman–Crippen LogP) is 1.53. The highest BCUT2D eigenvalue weighted by molar-refractivity contribution is 5.68. The number of carboxylic acids is 1.